The van der Waals surface area contributed by atoms with Crippen LogP contribution in [0.15, 0.2) is 0 Å². The maximum atomic E-state index is 10.7. The zero-order valence-corrected chi connectivity index (χ0v) is 16.4. The van der Waals surface area contributed by atoms with Gasteiger partial charge in [-0.3, -0.25) is 0 Å². The van der Waals surface area contributed by atoms with Gasteiger partial charge in [-0.25, -0.2) is 0 Å². The molecule has 2 atom stereocenters. The van der Waals surface area contributed by atoms with Crippen LogP contribution in [0, 0.1) is 10.8 Å². The summed E-state index contributed by atoms with van der Waals surface area (Å²) in [4.78, 5) is 19.9. The largest absolute Gasteiger partial charge is 3.00 e. The van der Waals surface area contributed by atoms with Gasteiger partial charge in [-0.05, 0) is 10.8 Å². The SMILES string of the molecule is CC(C)(CO)C([O-])C(=O)[O-].CC(C)(CO)C([O-])C(=O)[O-].[Fe+3].[Na+]. The van der Waals surface area contributed by atoms with Crippen LogP contribution in [0.4, 0.5) is 0 Å². The average molecular weight is 371 g/mol. The Morgan fingerprint density at radius 2 is 1.05 bits per heavy atom. The Kier molecular flexibility index (Phi) is 17.4. The van der Waals surface area contributed by atoms with E-state index in [-0.39, 0.29) is 46.6 Å². The van der Waals surface area contributed by atoms with Gasteiger partial charge in [0.2, 0.25) is 0 Å². The minimum atomic E-state index is -1.86. The molecule has 8 nitrogen and oxygen atoms in total. The predicted octanol–water partition coefficient (Wildman–Crippen LogP) is -8.03. The summed E-state index contributed by atoms with van der Waals surface area (Å²) in [6.45, 7) is 4.60. The molecule has 0 fully saturated rings. The maximum absolute atomic E-state index is 10.7. The Morgan fingerprint density at radius 3 is 1.09 bits per heavy atom. The molecule has 0 amide bonds. The van der Waals surface area contributed by atoms with E-state index in [0.717, 1.165) is 0 Å². The van der Waals surface area contributed by atoms with Crippen LogP contribution in [0.2, 0.25) is 0 Å². The smallest absolute Gasteiger partial charge is 0.847 e. The molecule has 0 aliphatic carbocycles. The molecule has 0 saturated carbocycles. The van der Waals surface area contributed by atoms with Gasteiger partial charge in [0.05, 0.1) is 0 Å². The standard InChI is InChI=1S/2C6H11O4.Fe.Na/c2*1-6(2,3-7)4(8)5(9)10;;/h2*4,7H,3H2,1-2H3,(H,9,10);;/q2*-1;+3;+1/p-2. The first-order valence-corrected chi connectivity index (χ1v) is 5.78. The summed E-state index contributed by atoms with van der Waals surface area (Å²) in [6, 6.07) is 0. The van der Waals surface area contributed by atoms with E-state index < -0.39 is 48.2 Å². The summed E-state index contributed by atoms with van der Waals surface area (Å²) in [6.07, 6.45) is -3.73. The van der Waals surface area contributed by atoms with Crippen molar-refractivity contribution < 1.29 is 86.9 Å². The zero-order chi connectivity index (χ0) is 16.7. The second kappa shape index (κ2) is 12.7. The van der Waals surface area contributed by atoms with Crippen molar-refractivity contribution in [2.75, 3.05) is 13.2 Å². The molecule has 0 aliphatic heterocycles. The summed E-state index contributed by atoms with van der Waals surface area (Å²) in [5, 5.41) is 58.3. The van der Waals surface area contributed by atoms with Gasteiger partial charge < -0.3 is 40.2 Å². The van der Waals surface area contributed by atoms with Crippen LogP contribution >= 0.6 is 0 Å². The van der Waals surface area contributed by atoms with E-state index in [1.165, 1.54) is 27.7 Å². The van der Waals surface area contributed by atoms with Gasteiger partial charge in [-0.2, -0.15) is 0 Å². The first kappa shape index (κ1) is 30.2. The molecule has 0 saturated heterocycles. The molecule has 0 aromatic carbocycles. The van der Waals surface area contributed by atoms with Crippen molar-refractivity contribution in [3.63, 3.8) is 0 Å². The third-order valence-corrected chi connectivity index (χ3v) is 2.66. The fourth-order valence-corrected chi connectivity index (χ4v) is 0.804. The quantitative estimate of drug-likeness (QED) is 0.434. The number of carbonyl (C=O) groups excluding carboxylic acids is 2. The number of carboxylic acid groups (broad SMARTS) is 2. The molecular weight excluding hydrogens is 351 g/mol. The molecule has 22 heavy (non-hydrogen) atoms. The van der Waals surface area contributed by atoms with Gasteiger partial charge in [-0.15, -0.1) is 0 Å². The normalized spacial score (nSPS) is 13.5. The van der Waals surface area contributed by atoms with Crippen molar-refractivity contribution in [1.82, 2.24) is 0 Å². The first-order valence-electron chi connectivity index (χ1n) is 5.78. The number of carbonyl (C=O) groups is 2. The summed E-state index contributed by atoms with van der Waals surface area (Å²) >= 11 is 0. The van der Waals surface area contributed by atoms with Gasteiger partial charge in [0.15, 0.2) is 0 Å². The van der Waals surface area contributed by atoms with Gasteiger partial charge >= 0.3 is 46.6 Å². The topological polar surface area (TPSA) is 167 Å². The molecule has 0 aliphatic rings. The number of aliphatic hydroxyl groups excluding tert-OH is 2. The van der Waals surface area contributed by atoms with Crippen molar-refractivity contribution in [3.05, 3.63) is 0 Å². The molecule has 125 valence electrons. The van der Waals surface area contributed by atoms with Crippen LogP contribution in [0.25, 0.3) is 0 Å². The van der Waals surface area contributed by atoms with E-state index in [9.17, 15) is 30.0 Å². The van der Waals surface area contributed by atoms with Crippen LogP contribution in [0.1, 0.15) is 27.7 Å². The van der Waals surface area contributed by atoms with Crippen molar-refractivity contribution in [3.8, 4) is 0 Å². The van der Waals surface area contributed by atoms with Crippen LogP contribution < -0.4 is 50.0 Å². The molecule has 2 N–H and O–H groups in total. The fourth-order valence-electron chi connectivity index (χ4n) is 0.804. The molecule has 2 unspecified atom stereocenters. The van der Waals surface area contributed by atoms with Gasteiger partial charge in [0.1, 0.15) is 0 Å². The first-order chi connectivity index (χ1) is 8.83. The average Bonchev–Trinajstić information content (AvgIpc) is 2.37. The molecule has 0 rings (SSSR count). The molecule has 10 heteroatoms. The summed E-state index contributed by atoms with van der Waals surface area (Å²) < 4.78 is 0. The molecule has 0 aromatic heterocycles. The third-order valence-electron chi connectivity index (χ3n) is 2.66. The van der Waals surface area contributed by atoms with E-state index >= 15 is 0 Å². The number of rotatable bonds is 6. The van der Waals surface area contributed by atoms with E-state index in [1.807, 2.05) is 0 Å². The molecule has 0 spiro atoms. The van der Waals surface area contributed by atoms with Crippen molar-refractivity contribution in [2.45, 2.75) is 39.9 Å². The fraction of sp³-hybridized carbons (Fsp3) is 0.833. The van der Waals surface area contributed by atoms with Crippen LogP contribution in [0.3, 0.4) is 0 Å². The van der Waals surface area contributed by atoms with Gasteiger partial charge in [0.25, 0.3) is 0 Å². The van der Waals surface area contributed by atoms with Crippen molar-refractivity contribution in [1.29, 1.82) is 0 Å². The van der Waals surface area contributed by atoms with Gasteiger partial charge in [-0.1, -0.05) is 39.9 Å². The number of aliphatic carboxylic acids is 2. The van der Waals surface area contributed by atoms with E-state index in [4.69, 9.17) is 10.2 Å². The molecule has 1 radical (unpaired) electrons. The summed E-state index contributed by atoms with van der Waals surface area (Å²) in [7, 11) is 0. The maximum Gasteiger partial charge on any atom is 3.00 e. The minimum Gasteiger partial charge on any atom is -0.847 e. The second-order valence-corrected chi connectivity index (χ2v) is 5.69. The van der Waals surface area contributed by atoms with Gasteiger partial charge in [0, 0.05) is 25.2 Å². The molecule has 0 aromatic rings. The number of aliphatic hydroxyl groups is 2. The second-order valence-electron chi connectivity index (χ2n) is 5.69. The summed E-state index contributed by atoms with van der Waals surface area (Å²) in [5.41, 5.74) is -2.28. The zero-order valence-electron chi connectivity index (χ0n) is 13.3. The van der Waals surface area contributed by atoms with E-state index in [0.29, 0.717) is 0 Å². The van der Waals surface area contributed by atoms with Crippen LogP contribution in [-0.2, 0) is 26.7 Å². The Bertz CT molecular complexity index is 303. The molecule has 0 heterocycles. The van der Waals surface area contributed by atoms with Crippen LogP contribution in [0.5, 0.6) is 0 Å². The van der Waals surface area contributed by atoms with E-state index in [2.05, 4.69) is 0 Å². The third kappa shape index (κ3) is 10.9. The Morgan fingerprint density at radius 1 is 0.864 bits per heavy atom. The van der Waals surface area contributed by atoms with E-state index in [1.54, 1.807) is 0 Å². The predicted molar refractivity (Wildman–Crippen MR) is 59.3 cm³/mol. The Hall–Kier alpha value is 0.299. The molecule has 0 bridgehead atoms. The van der Waals surface area contributed by atoms with Crippen LogP contribution in [-0.4, -0.2) is 47.6 Å². The minimum absolute atomic E-state index is 0. The summed E-state index contributed by atoms with van der Waals surface area (Å²) in [5.74, 6) is -3.34. The monoisotopic (exact) mass is 371 g/mol. The number of hydrogen-bond acceptors (Lipinski definition) is 8. The number of hydrogen-bond donors (Lipinski definition) is 2. The van der Waals surface area contributed by atoms with Crippen molar-refractivity contribution in [2.24, 2.45) is 10.8 Å². The Labute approximate surface area is 162 Å². The number of carboxylic acids is 2. The Balaban J connectivity index is -0.000000135. The molecular formula is C12H20FeNaO8. The van der Waals surface area contributed by atoms with Crippen molar-refractivity contribution >= 4 is 11.9 Å².